The highest BCUT2D eigenvalue weighted by atomic mass is 16.5. The minimum atomic E-state index is 0.639. The van der Waals surface area contributed by atoms with Gasteiger partial charge in [0, 0.05) is 24.0 Å². The molecule has 141 valence electrons. The summed E-state index contributed by atoms with van der Waals surface area (Å²) in [6, 6.07) is 13.9. The van der Waals surface area contributed by atoms with Crippen LogP contribution in [-0.4, -0.2) is 36.7 Å². The van der Waals surface area contributed by atoms with E-state index < -0.39 is 0 Å². The van der Waals surface area contributed by atoms with Gasteiger partial charge in [0.25, 0.3) is 0 Å². The van der Waals surface area contributed by atoms with E-state index >= 15 is 0 Å². The Morgan fingerprint density at radius 1 is 1.04 bits per heavy atom. The van der Waals surface area contributed by atoms with Crippen LogP contribution in [0.1, 0.15) is 12.8 Å². The van der Waals surface area contributed by atoms with E-state index in [0.717, 1.165) is 65.5 Å². The van der Waals surface area contributed by atoms with E-state index in [-0.39, 0.29) is 0 Å². The summed E-state index contributed by atoms with van der Waals surface area (Å²) < 4.78 is 5.25. The average molecular weight is 364 g/mol. The summed E-state index contributed by atoms with van der Waals surface area (Å²) in [6.07, 6.45) is 1.69. The van der Waals surface area contributed by atoms with Crippen molar-refractivity contribution < 1.29 is 4.74 Å². The molecule has 3 rings (SSSR count). The lowest BCUT2D eigenvalue weighted by atomic mass is 10.1. The number of pyridine rings is 2. The summed E-state index contributed by atoms with van der Waals surface area (Å²) in [5.41, 5.74) is 8.39. The highest BCUT2D eigenvalue weighted by molar-refractivity contribution is 5.93. The maximum absolute atomic E-state index is 5.62. The van der Waals surface area contributed by atoms with Crippen molar-refractivity contribution in [3.8, 4) is 17.0 Å². The fraction of sp³-hybridized carbons (Fsp3) is 0.286. The van der Waals surface area contributed by atoms with Crippen molar-refractivity contribution in [2.45, 2.75) is 12.8 Å². The molecule has 0 aliphatic rings. The van der Waals surface area contributed by atoms with Crippen LogP contribution in [0.15, 0.2) is 42.5 Å². The van der Waals surface area contributed by atoms with Crippen LogP contribution in [0, 0.1) is 6.92 Å². The summed E-state index contributed by atoms with van der Waals surface area (Å²) in [6.45, 7) is 6.05. The predicted octanol–water partition coefficient (Wildman–Crippen LogP) is 3.70. The summed E-state index contributed by atoms with van der Waals surface area (Å²) >= 11 is 0. The third-order valence-electron chi connectivity index (χ3n) is 4.23. The molecule has 0 fully saturated rings. The normalized spacial score (nSPS) is 10.8. The van der Waals surface area contributed by atoms with Crippen LogP contribution in [0.2, 0.25) is 0 Å². The van der Waals surface area contributed by atoms with E-state index in [2.05, 4.69) is 17.6 Å². The standard InChI is InChI=1S/C21H26N5O/c1-3-12-23-20-10-9-17-19(25-20)14-18(26-21(17)24-13-4-11-22)15-5-7-16(27-2)8-6-15/h5-10,14H,1,3-4,11-13,22H2,2H3,(H,23,25)(H,24,26). The molecule has 0 aliphatic carbocycles. The van der Waals surface area contributed by atoms with Gasteiger partial charge in [-0.3, -0.25) is 0 Å². The predicted molar refractivity (Wildman–Crippen MR) is 112 cm³/mol. The molecule has 0 saturated heterocycles. The molecule has 6 nitrogen and oxygen atoms in total. The first-order valence-corrected chi connectivity index (χ1v) is 9.18. The van der Waals surface area contributed by atoms with Crippen molar-refractivity contribution >= 4 is 22.5 Å². The Morgan fingerprint density at radius 2 is 1.85 bits per heavy atom. The topological polar surface area (TPSA) is 85.1 Å². The highest BCUT2D eigenvalue weighted by Gasteiger charge is 2.10. The van der Waals surface area contributed by atoms with Crippen LogP contribution < -0.4 is 21.1 Å². The minimum absolute atomic E-state index is 0.639. The number of anilines is 2. The molecular weight excluding hydrogens is 338 g/mol. The van der Waals surface area contributed by atoms with Crippen LogP contribution in [0.25, 0.3) is 22.2 Å². The van der Waals surface area contributed by atoms with Crippen molar-refractivity contribution in [3.63, 3.8) is 0 Å². The monoisotopic (exact) mass is 364 g/mol. The molecule has 2 heterocycles. The lowest BCUT2D eigenvalue weighted by Crippen LogP contribution is -2.10. The number of nitrogens with zero attached hydrogens (tertiary/aromatic N) is 2. The SMILES string of the molecule is [CH2]CCNc1ccc2c(NCCCN)nc(-c3ccc(OC)cc3)cc2n1. The summed E-state index contributed by atoms with van der Waals surface area (Å²) in [4.78, 5) is 9.58. The second kappa shape index (κ2) is 9.19. The van der Waals surface area contributed by atoms with Gasteiger partial charge in [-0.05, 0) is 61.9 Å². The molecule has 6 heteroatoms. The molecule has 0 amide bonds. The molecule has 0 unspecified atom stereocenters. The number of nitrogens with two attached hydrogens (primary N) is 1. The van der Waals surface area contributed by atoms with Gasteiger partial charge in [0.05, 0.1) is 18.3 Å². The Balaban J connectivity index is 2.02. The highest BCUT2D eigenvalue weighted by Crippen LogP contribution is 2.29. The number of methoxy groups -OCH3 is 1. The zero-order valence-corrected chi connectivity index (χ0v) is 15.7. The fourth-order valence-electron chi connectivity index (χ4n) is 2.80. The molecule has 27 heavy (non-hydrogen) atoms. The summed E-state index contributed by atoms with van der Waals surface area (Å²) in [5, 5.41) is 7.67. The average Bonchev–Trinajstić information content (AvgIpc) is 2.72. The van der Waals surface area contributed by atoms with E-state index in [1.807, 2.05) is 42.5 Å². The number of hydrogen-bond donors (Lipinski definition) is 3. The molecule has 0 spiro atoms. The van der Waals surface area contributed by atoms with E-state index in [1.54, 1.807) is 7.11 Å². The third kappa shape index (κ3) is 4.65. The summed E-state index contributed by atoms with van der Waals surface area (Å²) in [7, 11) is 1.66. The molecule has 3 aromatic rings. The van der Waals surface area contributed by atoms with Crippen LogP contribution in [-0.2, 0) is 0 Å². The zero-order chi connectivity index (χ0) is 19.1. The first-order chi connectivity index (χ1) is 13.2. The van der Waals surface area contributed by atoms with Crippen LogP contribution in [0.3, 0.4) is 0 Å². The first kappa shape index (κ1) is 18.9. The van der Waals surface area contributed by atoms with E-state index in [4.69, 9.17) is 20.4 Å². The second-order valence-corrected chi connectivity index (χ2v) is 6.20. The van der Waals surface area contributed by atoms with Gasteiger partial charge in [-0.15, -0.1) is 0 Å². The number of benzene rings is 1. The molecule has 2 aromatic heterocycles. The number of nitrogens with one attached hydrogen (secondary N) is 2. The van der Waals surface area contributed by atoms with Gasteiger partial charge in [0.15, 0.2) is 0 Å². The van der Waals surface area contributed by atoms with Gasteiger partial charge < -0.3 is 21.1 Å². The second-order valence-electron chi connectivity index (χ2n) is 6.20. The number of ether oxygens (including phenoxy) is 1. The van der Waals surface area contributed by atoms with Crippen LogP contribution in [0.4, 0.5) is 11.6 Å². The van der Waals surface area contributed by atoms with Crippen molar-refractivity contribution in [3.05, 3.63) is 49.4 Å². The number of aromatic nitrogens is 2. The number of hydrogen-bond acceptors (Lipinski definition) is 6. The van der Waals surface area contributed by atoms with E-state index in [0.29, 0.717) is 6.54 Å². The lowest BCUT2D eigenvalue weighted by Gasteiger charge is -2.13. The van der Waals surface area contributed by atoms with E-state index in [1.165, 1.54) is 0 Å². The lowest BCUT2D eigenvalue weighted by molar-refractivity contribution is 0.415. The summed E-state index contributed by atoms with van der Waals surface area (Å²) in [5.74, 6) is 2.48. The molecule has 0 atom stereocenters. The van der Waals surface area contributed by atoms with Gasteiger partial charge >= 0.3 is 0 Å². The van der Waals surface area contributed by atoms with Crippen molar-refractivity contribution in [2.24, 2.45) is 5.73 Å². The Labute approximate surface area is 160 Å². The Morgan fingerprint density at radius 3 is 2.56 bits per heavy atom. The number of fused-ring (bicyclic) bond motifs is 1. The molecule has 0 bridgehead atoms. The molecule has 0 saturated carbocycles. The molecule has 1 aromatic carbocycles. The fourth-order valence-corrected chi connectivity index (χ4v) is 2.80. The Bertz CT molecular complexity index is 880. The molecule has 0 aliphatic heterocycles. The van der Waals surface area contributed by atoms with Crippen molar-refractivity contribution in [1.82, 2.24) is 9.97 Å². The third-order valence-corrected chi connectivity index (χ3v) is 4.23. The van der Waals surface area contributed by atoms with Crippen molar-refractivity contribution in [1.29, 1.82) is 0 Å². The quantitative estimate of drug-likeness (QED) is 0.502. The maximum Gasteiger partial charge on any atom is 0.136 e. The Hall–Kier alpha value is -2.86. The molecular formula is C21H26N5O. The van der Waals surface area contributed by atoms with Crippen LogP contribution in [0.5, 0.6) is 5.75 Å². The zero-order valence-electron chi connectivity index (χ0n) is 15.7. The number of rotatable bonds is 9. The van der Waals surface area contributed by atoms with Gasteiger partial charge in [-0.2, -0.15) is 0 Å². The van der Waals surface area contributed by atoms with Gasteiger partial charge in [0.1, 0.15) is 17.4 Å². The van der Waals surface area contributed by atoms with Crippen LogP contribution >= 0.6 is 0 Å². The van der Waals surface area contributed by atoms with Gasteiger partial charge in [0.2, 0.25) is 0 Å². The van der Waals surface area contributed by atoms with E-state index in [9.17, 15) is 0 Å². The Kier molecular flexibility index (Phi) is 6.44. The van der Waals surface area contributed by atoms with Gasteiger partial charge in [-0.25, -0.2) is 9.97 Å². The van der Waals surface area contributed by atoms with Crippen molar-refractivity contribution in [2.75, 3.05) is 37.4 Å². The maximum atomic E-state index is 5.62. The largest absolute Gasteiger partial charge is 0.497 e. The first-order valence-electron chi connectivity index (χ1n) is 9.18. The minimum Gasteiger partial charge on any atom is -0.497 e. The smallest absolute Gasteiger partial charge is 0.136 e. The van der Waals surface area contributed by atoms with Gasteiger partial charge in [-0.1, -0.05) is 6.92 Å². The molecule has 4 N–H and O–H groups in total. The molecule has 1 radical (unpaired) electrons.